The summed E-state index contributed by atoms with van der Waals surface area (Å²) in [7, 11) is 0. The number of hydrogen-bond donors (Lipinski definition) is 1. The Bertz CT molecular complexity index is 480. The highest BCUT2D eigenvalue weighted by molar-refractivity contribution is 6.19. The van der Waals surface area contributed by atoms with Crippen LogP contribution in [0.2, 0.25) is 0 Å². The third-order valence-electron chi connectivity index (χ3n) is 4.21. The van der Waals surface area contributed by atoms with Crippen molar-refractivity contribution in [3.05, 3.63) is 34.9 Å². The number of carbonyl (C=O) groups excluding carboxylic acids is 1. The van der Waals surface area contributed by atoms with E-state index < -0.39 is 0 Å². The van der Waals surface area contributed by atoms with Gasteiger partial charge >= 0.3 is 0 Å². The molecule has 0 bridgehead atoms. The van der Waals surface area contributed by atoms with E-state index >= 15 is 0 Å². The molecule has 20 heavy (non-hydrogen) atoms. The van der Waals surface area contributed by atoms with E-state index in [0.717, 1.165) is 36.0 Å². The molecule has 0 aromatic heterocycles. The molecule has 1 aromatic carbocycles. The third-order valence-corrected chi connectivity index (χ3v) is 4.72. The Balaban J connectivity index is 2.16. The lowest BCUT2D eigenvalue weighted by Gasteiger charge is -2.39. The maximum Gasteiger partial charge on any atom is 0.251 e. The maximum atomic E-state index is 12.5. The van der Waals surface area contributed by atoms with Gasteiger partial charge in [0.1, 0.15) is 0 Å². The van der Waals surface area contributed by atoms with Gasteiger partial charge in [-0.15, -0.1) is 11.6 Å². The zero-order valence-corrected chi connectivity index (χ0v) is 13.4. The minimum atomic E-state index is -0.228. The molecule has 3 heteroatoms. The van der Waals surface area contributed by atoms with Crippen LogP contribution in [0.25, 0.3) is 0 Å². The van der Waals surface area contributed by atoms with Crippen LogP contribution in [0.15, 0.2) is 18.2 Å². The first kappa shape index (κ1) is 15.4. The topological polar surface area (TPSA) is 29.1 Å². The molecule has 0 spiro atoms. The summed E-state index contributed by atoms with van der Waals surface area (Å²) >= 11 is 6.18. The van der Waals surface area contributed by atoms with Gasteiger partial charge in [0.05, 0.1) is 5.54 Å². The molecule has 2 atom stereocenters. The molecule has 1 N–H and O–H groups in total. The second-order valence-electron chi connectivity index (χ2n) is 6.45. The van der Waals surface area contributed by atoms with Crippen LogP contribution in [0, 0.1) is 19.8 Å². The van der Waals surface area contributed by atoms with Gasteiger partial charge < -0.3 is 5.32 Å². The van der Waals surface area contributed by atoms with Crippen LogP contribution in [-0.2, 0) is 0 Å². The monoisotopic (exact) mass is 293 g/mol. The van der Waals surface area contributed by atoms with Gasteiger partial charge in [-0.3, -0.25) is 4.79 Å². The zero-order valence-electron chi connectivity index (χ0n) is 12.6. The predicted molar refractivity (Wildman–Crippen MR) is 84.5 cm³/mol. The van der Waals surface area contributed by atoms with Crippen molar-refractivity contribution in [2.45, 2.75) is 52.0 Å². The number of benzene rings is 1. The lowest BCUT2D eigenvalue weighted by atomic mass is 9.77. The summed E-state index contributed by atoms with van der Waals surface area (Å²) in [6.07, 6.45) is 4.34. The molecule has 2 rings (SSSR count). The average Bonchev–Trinajstić information content (AvgIpc) is 2.37. The van der Waals surface area contributed by atoms with Crippen molar-refractivity contribution in [2.24, 2.45) is 5.92 Å². The number of aryl methyl sites for hydroxylation is 2. The molecule has 0 heterocycles. The molecule has 1 aliphatic carbocycles. The molecule has 1 aromatic rings. The van der Waals surface area contributed by atoms with Gasteiger partial charge in [0.2, 0.25) is 0 Å². The molecule has 1 amide bonds. The summed E-state index contributed by atoms with van der Waals surface area (Å²) in [5.74, 6) is 1.13. The van der Waals surface area contributed by atoms with E-state index in [2.05, 4.69) is 18.3 Å². The quantitative estimate of drug-likeness (QED) is 0.831. The molecule has 0 radical (unpaired) electrons. The number of rotatable bonds is 3. The lowest BCUT2D eigenvalue weighted by molar-refractivity contribution is 0.0867. The number of alkyl halides is 1. The summed E-state index contributed by atoms with van der Waals surface area (Å²) in [5.41, 5.74) is 2.75. The summed E-state index contributed by atoms with van der Waals surface area (Å²) < 4.78 is 0. The molecule has 110 valence electrons. The van der Waals surface area contributed by atoms with E-state index in [1.807, 2.05) is 26.0 Å². The largest absolute Gasteiger partial charge is 0.345 e. The number of halogens is 1. The van der Waals surface area contributed by atoms with E-state index in [0.29, 0.717) is 11.8 Å². The predicted octanol–water partition coefficient (Wildman–Crippen LogP) is 4.22. The number of nitrogens with one attached hydrogen (secondary N) is 1. The van der Waals surface area contributed by atoms with Crippen LogP contribution >= 0.6 is 11.6 Å². The fourth-order valence-electron chi connectivity index (χ4n) is 3.35. The van der Waals surface area contributed by atoms with Gasteiger partial charge in [0.25, 0.3) is 5.91 Å². The summed E-state index contributed by atoms with van der Waals surface area (Å²) in [6.45, 7) is 6.27. The van der Waals surface area contributed by atoms with Crippen LogP contribution in [-0.4, -0.2) is 17.3 Å². The highest BCUT2D eigenvalue weighted by Crippen LogP contribution is 2.33. The van der Waals surface area contributed by atoms with E-state index in [1.54, 1.807) is 0 Å². The van der Waals surface area contributed by atoms with Crippen molar-refractivity contribution in [3.63, 3.8) is 0 Å². The van der Waals surface area contributed by atoms with Gasteiger partial charge in [-0.1, -0.05) is 37.0 Å². The molecule has 1 fully saturated rings. The summed E-state index contributed by atoms with van der Waals surface area (Å²) in [6, 6.07) is 5.96. The second-order valence-corrected chi connectivity index (χ2v) is 6.71. The third kappa shape index (κ3) is 3.54. The smallest absolute Gasteiger partial charge is 0.251 e. The second kappa shape index (κ2) is 6.17. The Labute approximate surface area is 126 Å². The molecule has 2 nitrogen and oxygen atoms in total. The van der Waals surface area contributed by atoms with Gasteiger partial charge in [-0.25, -0.2) is 0 Å². The number of amides is 1. The van der Waals surface area contributed by atoms with Gasteiger partial charge in [0, 0.05) is 11.4 Å². The average molecular weight is 294 g/mol. The summed E-state index contributed by atoms with van der Waals surface area (Å²) in [4.78, 5) is 12.5. The normalized spacial score (nSPS) is 26.3. The van der Waals surface area contributed by atoms with E-state index in [-0.39, 0.29) is 11.4 Å². The van der Waals surface area contributed by atoms with Crippen molar-refractivity contribution in [3.8, 4) is 0 Å². The SMILES string of the molecule is Cc1cc(C)cc(C(=O)NC2(CCl)CCCC(C)C2)c1. The molecular formula is C17H24ClNO. The van der Waals surface area contributed by atoms with E-state index in [9.17, 15) is 4.79 Å². The fraction of sp³-hybridized carbons (Fsp3) is 0.588. The highest BCUT2D eigenvalue weighted by atomic mass is 35.5. The first-order chi connectivity index (χ1) is 9.44. The van der Waals surface area contributed by atoms with Crippen LogP contribution < -0.4 is 5.32 Å². The lowest BCUT2D eigenvalue weighted by Crippen LogP contribution is -2.52. The first-order valence-electron chi connectivity index (χ1n) is 7.41. The van der Waals surface area contributed by atoms with Crippen molar-refractivity contribution in [2.75, 3.05) is 5.88 Å². The minimum absolute atomic E-state index is 0.00606. The van der Waals surface area contributed by atoms with Crippen LogP contribution in [0.5, 0.6) is 0 Å². The Morgan fingerprint density at radius 3 is 2.55 bits per heavy atom. The van der Waals surface area contributed by atoms with Crippen molar-refractivity contribution in [1.29, 1.82) is 0 Å². The molecule has 0 aliphatic heterocycles. The van der Waals surface area contributed by atoms with Gasteiger partial charge in [-0.2, -0.15) is 0 Å². The zero-order chi connectivity index (χ0) is 14.8. The van der Waals surface area contributed by atoms with Crippen LogP contribution in [0.3, 0.4) is 0 Å². The molecular weight excluding hydrogens is 270 g/mol. The van der Waals surface area contributed by atoms with E-state index in [4.69, 9.17) is 11.6 Å². The Hall–Kier alpha value is -1.02. The minimum Gasteiger partial charge on any atom is -0.345 e. The standard InChI is InChI=1S/C17H24ClNO/c1-12-5-4-6-17(10-12,11-18)19-16(20)15-8-13(2)7-14(3)9-15/h7-9,12H,4-6,10-11H2,1-3H3,(H,19,20). The molecule has 1 aliphatic rings. The van der Waals surface area contributed by atoms with Crippen molar-refractivity contribution in [1.82, 2.24) is 5.32 Å². The van der Waals surface area contributed by atoms with Crippen molar-refractivity contribution < 1.29 is 4.79 Å². The van der Waals surface area contributed by atoms with Gasteiger partial charge in [-0.05, 0) is 44.7 Å². The maximum absolute atomic E-state index is 12.5. The molecule has 2 unspecified atom stereocenters. The molecule has 0 saturated heterocycles. The van der Waals surface area contributed by atoms with Gasteiger partial charge in [0.15, 0.2) is 0 Å². The first-order valence-corrected chi connectivity index (χ1v) is 7.94. The Kier molecular flexibility index (Phi) is 4.74. The Morgan fingerprint density at radius 2 is 2.00 bits per heavy atom. The van der Waals surface area contributed by atoms with Crippen molar-refractivity contribution >= 4 is 17.5 Å². The highest BCUT2D eigenvalue weighted by Gasteiger charge is 2.35. The van der Waals surface area contributed by atoms with Crippen LogP contribution in [0.4, 0.5) is 0 Å². The van der Waals surface area contributed by atoms with E-state index in [1.165, 1.54) is 6.42 Å². The van der Waals surface area contributed by atoms with Crippen LogP contribution in [0.1, 0.15) is 54.1 Å². The fourth-order valence-corrected chi connectivity index (χ4v) is 3.66. The number of carbonyl (C=O) groups is 1. The summed E-state index contributed by atoms with van der Waals surface area (Å²) in [5, 5.41) is 3.21. The number of hydrogen-bond acceptors (Lipinski definition) is 1. The molecule has 1 saturated carbocycles. The Morgan fingerprint density at radius 1 is 1.35 bits per heavy atom.